The molecule has 0 aliphatic rings. The van der Waals surface area contributed by atoms with Crippen molar-refractivity contribution in [2.75, 3.05) is 18.1 Å². The molecule has 14 heavy (non-hydrogen) atoms. The van der Waals surface area contributed by atoms with E-state index in [0.29, 0.717) is 5.69 Å². The molecule has 3 heteroatoms. The molecule has 0 radical (unpaired) electrons. The van der Waals surface area contributed by atoms with Gasteiger partial charge in [-0.15, -0.1) is 0 Å². The lowest BCUT2D eigenvalue weighted by Gasteiger charge is -2.07. The fourth-order valence-corrected chi connectivity index (χ4v) is 1.53. The van der Waals surface area contributed by atoms with Crippen LogP contribution in [0.2, 0.25) is 0 Å². The maximum atomic E-state index is 5.97. The Morgan fingerprint density at radius 3 is 2.64 bits per heavy atom. The summed E-state index contributed by atoms with van der Waals surface area (Å²) in [5, 5.41) is 4.12. The van der Waals surface area contributed by atoms with E-state index in [1.807, 2.05) is 38.2 Å². The number of nitrogens with zero attached hydrogens (tertiary/aromatic N) is 1. The summed E-state index contributed by atoms with van der Waals surface area (Å²) < 4.78 is 0. The highest BCUT2D eigenvalue weighted by Gasteiger charge is 2.03. The third-order valence-electron chi connectivity index (χ3n) is 2.31. The lowest BCUT2D eigenvalue weighted by molar-refractivity contribution is 1.26. The summed E-state index contributed by atoms with van der Waals surface area (Å²) >= 11 is 0. The Labute approximate surface area is 83.0 Å². The SMILES string of the molecule is CNc1ccc2ccc(C)nc2c1N. The van der Waals surface area contributed by atoms with Crippen LogP contribution in [0, 0.1) is 6.92 Å². The third-order valence-corrected chi connectivity index (χ3v) is 2.31. The van der Waals surface area contributed by atoms with Gasteiger partial charge in [0.2, 0.25) is 0 Å². The van der Waals surface area contributed by atoms with Crippen LogP contribution in [0.3, 0.4) is 0 Å². The smallest absolute Gasteiger partial charge is 0.0955 e. The molecule has 0 spiro atoms. The number of fused-ring (bicyclic) bond motifs is 1. The second-order valence-corrected chi connectivity index (χ2v) is 3.30. The quantitative estimate of drug-likeness (QED) is 0.673. The molecule has 0 aliphatic carbocycles. The van der Waals surface area contributed by atoms with Crippen LogP contribution in [0.15, 0.2) is 24.3 Å². The Kier molecular flexibility index (Phi) is 2.00. The van der Waals surface area contributed by atoms with Crippen LogP contribution in [0.4, 0.5) is 11.4 Å². The number of anilines is 2. The van der Waals surface area contributed by atoms with Crippen LogP contribution in [0.25, 0.3) is 10.9 Å². The molecule has 0 unspecified atom stereocenters. The van der Waals surface area contributed by atoms with Crippen molar-refractivity contribution in [1.82, 2.24) is 4.98 Å². The molecule has 1 aromatic carbocycles. The highest BCUT2D eigenvalue weighted by molar-refractivity contribution is 5.95. The number of pyridine rings is 1. The number of aromatic nitrogens is 1. The van der Waals surface area contributed by atoms with Crippen molar-refractivity contribution in [2.24, 2.45) is 0 Å². The number of benzene rings is 1. The van der Waals surface area contributed by atoms with E-state index >= 15 is 0 Å². The number of hydrogen-bond donors (Lipinski definition) is 2. The second-order valence-electron chi connectivity index (χ2n) is 3.30. The summed E-state index contributed by atoms with van der Waals surface area (Å²) in [6, 6.07) is 8.01. The molecule has 0 atom stereocenters. The topological polar surface area (TPSA) is 50.9 Å². The summed E-state index contributed by atoms with van der Waals surface area (Å²) in [7, 11) is 1.85. The maximum Gasteiger partial charge on any atom is 0.0955 e. The van der Waals surface area contributed by atoms with Gasteiger partial charge < -0.3 is 11.1 Å². The van der Waals surface area contributed by atoms with Gasteiger partial charge in [0.25, 0.3) is 0 Å². The third kappa shape index (κ3) is 1.27. The summed E-state index contributed by atoms with van der Waals surface area (Å²) in [4.78, 5) is 4.42. The minimum atomic E-state index is 0.716. The molecular formula is C11H13N3. The number of nitrogen functional groups attached to an aromatic ring is 1. The average Bonchev–Trinajstić information content (AvgIpc) is 2.20. The van der Waals surface area contributed by atoms with Gasteiger partial charge in [-0.25, -0.2) is 0 Å². The molecule has 0 bridgehead atoms. The van der Waals surface area contributed by atoms with Crippen LogP contribution in [0.1, 0.15) is 5.69 Å². The fourth-order valence-electron chi connectivity index (χ4n) is 1.53. The monoisotopic (exact) mass is 187 g/mol. The lowest BCUT2D eigenvalue weighted by atomic mass is 10.1. The van der Waals surface area contributed by atoms with Gasteiger partial charge in [0.15, 0.2) is 0 Å². The largest absolute Gasteiger partial charge is 0.395 e. The van der Waals surface area contributed by atoms with Crippen molar-refractivity contribution in [2.45, 2.75) is 6.92 Å². The Morgan fingerprint density at radius 2 is 1.93 bits per heavy atom. The second kappa shape index (κ2) is 3.18. The van der Waals surface area contributed by atoms with Crippen molar-refractivity contribution >= 4 is 22.3 Å². The molecule has 1 heterocycles. The first-order valence-corrected chi connectivity index (χ1v) is 4.56. The summed E-state index contributed by atoms with van der Waals surface area (Å²) in [6.07, 6.45) is 0. The van der Waals surface area contributed by atoms with Gasteiger partial charge in [0.1, 0.15) is 0 Å². The molecular weight excluding hydrogens is 174 g/mol. The summed E-state index contributed by atoms with van der Waals surface area (Å²) in [6.45, 7) is 1.96. The number of rotatable bonds is 1. The molecule has 0 amide bonds. The van der Waals surface area contributed by atoms with E-state index in [1.165, 1.54) is 0 Å². The first-order chi connectivity index (χ1) is 6.72. The highest BCUT2D eigenvalue weighted by atomic mass is 14.9. The zero-order valence-electron chi connectivity index (χ0n) is 8.33. The minimum Gasteiger partial charge on any atom is -0.395 e. The number of hydrogen-bond acceptors (Lipinski definition) is 3. The van der Waals surface area contributed by atoms with Gasteiger partial charge in [0.05, 0.1) is 16.9 Å². The zero-order valence-corrected chi connectivity index (χ0v) is 8.33. The lowest BCUT2D eigenvalue weighted by Crippen LogP contribution is -1.98. The molecule has 0 saturated carbocycles. The Morgan fingerprint density at radius 1 is 1.21 bits per heavy atom. The highest BCUT2D eigenvalue weighted by Crippen LogP contribution is 2.26. The van der Waals surface area contributed by atoms with Gasteiger partial charge in [-0.3, -0.25) is 4.98 Å². The van der Waals surface area contributed by atoms with Crippen LogP contribution < -0.4 is 11.1 Å². The van der Waals surface area contributed by atoms with Gasteiger partial charge >= 0.3 is 0 Å². The van der Waals surface area contributed by atoms with Crippen molar-refractivity contribution in [3.8, 4) is 0 Å². The Bertz CT molecular complexity index is 477. The summed E-state index contributed by atoms with van der Waals surface area (Å²) in [5.41, 5.74) is 9.47. The van der Waals surface area contributed by atoms with E-state index < -0.39 is 0 Å². The van der Waals surface area contributed by atoms with Crippen LogP contribution in [0.5, 0.6) is 0 Å². The van der Waals surface area contributed by atoms with E-state index in [2.05, 4.69) is 10.3 Å². The molecule has 0 saturated heterocycles. The normalized spacial score (nSPS) is 10.4. The van der Waals surface area contributed by atoms with Crippen LogP contribution in [-0.4, -0.2) is 12.0 Å². The first kappa shape index (κ1) is 8.81. The van der Waals surface area contributed by atoms with Crippen molar-refractivity contribution in [3.63, 3.8) is 0 Å². The van der Waals surface area contributed by atoms with Gasteiger partial charge in [0, 0.05) is 18.1 Å². The molecule has 2 aromatic rings. The van der Waals surface area contributed by atoms with E-state index in [0.717, 1.165) is 22.3 Å². The Hall–Kier alpha value is -1.77. The van der Waals surface area contributed by atoms with E-state index in [1.54, 1.807) is 0 Å². The molecule has 0 fully saturated rings. The average molecular weight is 187 g/mol. The van der Waals surface area contributed by atoms with Crippen LogP contribution >= 0.6 is 0 Å². The van der Waals surface area contributed by atoms with Crippen molar-refractivity contribution < 1.29 is 0 Å². The fraction of sp³-hybridized carbons (Fsp3) is 0.182. The molecule has 2 rings (SSSR count). The van der Waals surface area contributed by atoms with Gasteiger partial charge in [-0.2, -0.15) is 0 Å². The first-order valence-electron chi connectivity index (χ1n) is 4.56. The predicted octanol–water partition coefficient (Wildman–Crippen LogP) is 2.17. The summed E-state index contributed by atoms with van der Waals surface area (Å²) in [5.74, 6) is 0. The van der Waals surface area contributed by atoms with Crippen molar-refractivity contribution in [3.05, 3.63) is 30.0 Å². The minimum absolute atomic E-state index is 0.716. The molecule has 1 aromatic heterocycles. The number of nitrogens with two attached hydrogens (primary N) is 1. The molecule has 3 N–H and O–H groups in total. The van der Waals surface area contributed by atoms with Crippen LogP contribution in [-0.2, 0) is 0 Å². The van der Waals surface area contributed by atoms with E-state index in [4.69, 9.17) is 5.73 Å². The van der Waals surface area contributed by atoms with Crippen molar-refractivity contribution in [1.29, 1.82) is 0 Å². The number of aryl methyl sites for hydroxylation is 1. The molecule has 72 valence electrons. The standard InChI is InChI=1S/C11H13N3/c1-7-3-4-8-5-6-9(13-2)10(12)11(8)14-7/h3-6,13H,12H2,1-2H3. The predicted molar refractivity (Wildman–Crippen MR) is 60.4 cm³/mol. The molecule has 0 aliphatic heterocycles. The van der Waals surface area contributed by atoms with E-state index in [-0.39, 0.29) is 0 Å². The molecule has 3 nitrogen and oxygen atoms in total. The zero-order chi connectivity index (χ0) is 10.1. The maximum absolute atomic E-state index is 5.97. The number of nitrogens with one attached hydrogen (secondary N) is 1. The van der Waals surface area contributed by atoms with Gasteiger partial charge in [-0.1, -0.05) is 12.1 Å². The Balaban J connectivity index is 2.79. The van der Waals surface area contributed by atoms with Gasteiger partial charge in [-0.05, 0) is 19.1 Å². The van der Waals surface area contributed by atoms with E-state index in [9.17, 15) is 0 Å².